The molecule has 4 rings (SSSR count). The van der Waals surface area contributed by atoms with E-state index in [4.69, 9.17) is 18.9 Å². The molecule has 8 heteroatoms. The molecule has 0 N–H and O–H groups in total. The largest absolute Gasteiger partial charge is 0.426 e. The third-order valence-electron chi connectivity index (χ3n) is 8.87. The maximum absolute atomic E-state index is 13.3. The maximum Gasteiger partial charge on any atom is 0.312 e. The smallest absolute Gasteiger partial charge is 0.312 e. The van der Waals surface area contributed by atoms with Crippen LogP contribution in [0.15, 0.2) is 35.9 Å². The molecule has 0 unspecified atom stereocenters. The minimum atomic E-state index is -0.272. The highest BCUT2D eigenvalue weighted by Gasteiger charge is 2.33. The van der Waals surface area contributed by atoms with Crippen molar-refractivity contribution in [2.24, 2.45) is 5.92 Å². The predicted molar refractivity (Wildman–Crippen MR) is 169 cm³/mol. The van der Waals surface area contributed by atoms with Gasteiger partial charge in [-0.1, -0.05) is 43.6 Å². The van der Waals surface area contributed by atoms with Crippen LogP contribution in [-0.2, 0) is 25.5 Å². The molecular formula is C35H52N2O6. The van der Waals surface area contributed by atoms with Gasteiger partial charge in [-0.15, -0.1) is 0 Å². The number of esters is 2. The van der Waals surface area contributed by atoms with Crippen molar-refractivity contribution in [1.82, 2.24) is 9.80 Å². The minimum Gasteiger partial charge on any atom is -0.426 e. The summed E-state index contributed by atoms with van der Waals surface area (Å²) in [6.07, 6.45) is 8.84. The summed E-state index contributed by atoms with van der Waals surface area (Å²) in [5.74, 6) is 0.544. The number of benzene rings is 1. The van der Waals surface area contributed by atoms with Gasteiger partial charge in [0.05, 0.1) is 39.3 Å². The van der Waals surface area contributed by atoms with Gasteiger partial charge in [0.15, 0.2) is 0 Å². The predicted octanol–water partition coefficient (Wildman–Crippen LogP) is 5.69. The second-order valence-corrected chi connectivity index (χ2v) is 12.3. The number of morpholine rings is 2. The number of allylic oxidation sites excluding steroid dienone is 3. The Hall–Kier alpha value is -2.52. The van der Waals surface area contributed by atoms with Crippen LogP contribution in [-0.4, -0.2) is 87.4 Å². The Balaban J connectivity index is 1.65. The third kappa shape index (κ3) is 10.3. The number of rotatable bonds is 14. The molecule has 2 aliphatic heterocycles. The van der Waals surface area contributed by atoms with Crippen LogP contribution >= 0.6 is 0 Å². The van der Waals surface area contributed by atoms with Crippen LogP contribution in [0.2, 0.25) is 0 Å². The number of unbranched alkanes of at least 4 members (excludes halogenated alkanes) is 2. The first-order valence-corrected chi connectivity index (χ1v) is 16.3. The van der Waals surface area contributed by atoms with Gasteiger partial charge in [-0.3, -0.25) is 19.4 Å². The SMILES string of the molecule is C=C(C)[C@@H]1CCC(C)=C[C@H]1c1c(OC(=O)CCN2CCOCC2)cc(CCCCC)cc1OC(=O)CCN1CCOCC1. The van der Waals surface area contributed by atoms with Crippen LogP contribution in [0.3, 0.4) is 0 Å². The van der Waals surface area contributed by atoms with Gasteiger partial charge in [-0.25, -0.2) is 0 Å². The molecular weight excluding hydrogens is 544 g/mol. The lowest BCUT2D eigenvalue weighted by Gasteiger charge is -2.33. The molecule has 2 saturated heterocycles. The summed E-state index contributed by atoms with van der Waals surface area (Å²) >= 11 is 0. The van der Waals surface area contributed by atoms with Crippen molar-refractivity contribution in [2.75, 3.05) is 65.7 Å². The number of carbonyl (C=O) groups excluding carboxylic acids is 2. The standard InChI is InChI=1S/C35H52N2O6/c1-5-6-7-8-28-24-31(42-33(38)11-13-36-15-19-40-20-16-36)35(30-23-27(4)9-10-29(30)26(2)3)32(25-28)43-34(39)12-14-37-17-21-41-22-18-37/h23-25,29-30H,2,5-22H2,1,3-4H3/t29-,30+/m0/s1. The van der Waals surface area contributed by atoms with Gasteiger partial charge in [0.2, 0.25) is 0 Å². The lowest BCUT2D eigenvalue weighted by Crippen LogP contribution is -2.38. The Morgan fingerprint density at radius 3 is 1.93 bits per heavy atom. The molecule has 0 saturated carbocycles. The highest BCUT2D eigenvalue weighted by Crippen LogP contribution is 2.47. The lowest BCUT2D eigenvalue weighted by molar-refractivity contribution is -0.135. The second kappa shape index (κ2) is 17.1. The Bertz CT molecular complexity index is 1060. The van der Waals surface area contributed by atoms with Gasteiger partial charge >= 0.3 is 11.9 Å². The van der Waals surface area contributed by atoms with E-state index in [0.717, 1.165) is 81.4 Å². The normalized spacial score (nSPS) is 21.7. The Morgan fingerprint density at radius 2 is 1.44 bits per heavy atom. The van der Waals surface area contributed by atoms with E-state index in [0.29, 0.717) is 51.0 Å². The van der Waals surface area contributed by atoms with Crippen molar-refractivity contribution in [3.8, 4) is 11.5 Å². The van der Waals surface area contributed by atoms with Gasteiger partial charge in [0, 0.05) is 50.7 Å². The summed E-state index contributed by atoms with van der Waals surface area (Å²) < 4.78 is 23.3. The molecule has 1 aromatic carbocycles. The van der Waals surface area contributed by atoms with Crippen LogP contribution in [0.25, 0.3) is 0 Å². The van der Waals surface area contributed by atoms with Crippen molar-refractivity contribution >= 4 is 11.9 Å². The first-order valence-electron chi connectivity index (χ1n) is 16.3. The van der Waals surface area contributed by atoms with Crippen LogP contribution in [0.5, 0.6) is 11.5 Å². The van der Waals surface area contributed by atoms with Crippen LogP contribution in [0.4, 0.5) is 0 Å². The molecule has 43 heavy (non-hydrogen) atoms. The van der Waals surface area contributed by atoms with E-state index in [1.807, 2.05) is 12.1 Å². The fourth-order valence-electron chi connectivity index (χ4n) is 6.28. The average Bonchev–Trinajstić information content (AvgIpc) is 3.00. The highest BCUT2D eigenvalue weighted by molar-refractivity contribution is 5.76. The van der Waals surface area contributed by atoms with Crippen molar-refractivity contribution in [3.05, 3.63) is 47.1 Å². The van der Waals surface area contributed by atoms with Crippen molar-refractivity contribution in [2.45, 2.75) is 78.1 Å². The molecule has 2 heterocycles. The molecule has 2 atom stereocenters. The van der Waals surface area contributed by atoms with E-state index >= 15 is 0 Å². The third-order valence-corrected chi connectivity index (χ3v) is 8.87. The Labute approximate surface area is 258 Å². The topological polar surface area (TPSA) is 77.5 Å². The van der Waals surface area contributed by atoms with Gasteiger partial charge < -0.3 is 18.9 Å². The second-order valence-electron chi connectivity index (χ2n) is 12.3. The fraction of sp³-hybridized carbons (Fsp3) is 0.657. The number of hydrogen-bond acceptors (Lipinski definition) is 8. The molecule has 0 amide bonds. The van der Waals surface area contributed by atoms with Gasteiger partial charge in [-0.2, -0.15) is 0 Å². The fourth-order valence-corrected chi connectivity index (χ4v) is 6.28. The average molecular weight is 597 g/mol. The summed E-state index contributed by atoms with van der Waals surface area (Å²) in [4.78, 5) is 31.1. The summed E-state index contributed by atoms with van der Waals surface area (Å²) in [5.41, 5.74) is 4.16. The Morgan fingerprint density at radius 1 is 0.907 bits per heavy atom. The first kappa shape index (κ1) is 33.4. The molecule has 3 aliphatic rings. The van der Waals surface area contributed by atoms with Gasteiger partial charge in [-0.05, 0) is 63.1 Å². The van der Waals surface area contributed by atoms with E-state index in [2.05, 4.69) is 43.2 Å². The molecule has 1 aliphatic carbocycles. The first-order chi connectivity index (χ1) is 20.8. The molecule has 0 aromatic heterocycles. The Kier molecular flexibility index (Phi) is 13.3. The van der Waals surface area contributed by atoms with Gasteiger partial charge in [0.25, 0.3) is 0 Å². The van der Waals surface area contributed by atoms with Crippen LogP contribution in [0, 0.1) is 5.92 Å². The van der Waals surface area contributed by atoms with Crippen molar-refractivity contribution in [1.29, 1.82) is 0 Å². The van der Waals surface area contributed by atoms with Crippen molar-refractivity contribution in [3.63, 3.8) is 0 Å². The molecule has 238 valence electrons. The number of aryl methyl sites for hydroxylation is 1. The molecule has 8 nitrogen and oxygen atoms in total. The van der Waals surface area contributed by atoms with E-state index in [-0.39, 0.29) is 36.6 Å². The van der Waals surface area contributed by atoms with E-state index in [9.17, 15) is 9.59 Å². The van der Waals surface area contributed by atoms with Crippen LogP contribution in [0.1, 0.15) is 82.8 Å². The zero-order valence-electron chi connectivity index (χ0n) is 26.7. The summed E-state index contributed by atoms with van der Waals surface area (Å²) in [6, 6.07) is 4.02. The minimum absolute atomic E-state index is 0.0972. The summed E-state index contributed by atoms with van der Waals surface area (Å²) in [5, 5.41) is 0. The molecule has 0 radical (unpaired) electrons. The quantitative estimate of drug-likeness (QED) is 0.117. The number of hydrogen-bond donors (Lipinski definition) is 0. The molecule has 1 aromatic rings. The zero-order chi connectivity index (χ0) is 30.6. The highest BCUT2D eigenvalue weighted by atomic mass is 16.5. The summed E-state index contributed by atoms with van der Waals surface area (Å²) in [6.45, 7) is 18.0. The lowest BCUT2D eigenvalue weighted by atomic mass is 9.73. The van der Waals surface area contributed by atoms with E-state index < -0.39 is 0 Å². The molecule has 0 bridgehead atoms. The monoisotopic (exact) mass is 596 g/mol. The van der Waals surface area contributed by atoms with E-state index in [1.165, 1.54) is 5.57 Å². The number of carbonyl (C=O) groups is 2. The van der Waals surface area contributed by atoms with Crippen LogP contribution < -0.4 is 9.47 Å². The van der Waals surface area contributed by atoms with Gasteiger partial charge in [0.1, 0.15) is 11.5 Å². The maximum atomic E-state index is 13.3. The number of nitrogens with zero attached hydrogens (tertiary/aromatic N) is 2. The van der Waals surface area contributed by atoms with E-state index in [1.54, 1.807) is 0 Å². The zero-order valence-corrected chi connectivity index (χ0v) is 26.7. The van der Waals surface area contributed by atoms with Crippen molar-refractivity contribution < 1.29 is 28.5 Å². The summed E-state index contributed by atoms with van der Waals surface area (Å²) in [7, 11) is 0. The molecule has 2 fully saturated rings. The number of ether oxygens (including phenoxy) is 4. The molecule has 0 spiro atoms.